The Balaban J connectivity index is 1.63. The molecule has 1 N–H and O–H groups in total. The number of hydrogen-bond acceptors (Lipinski definition) is 4. The number of ether oxygens (including phenoxy) is 1. The summed E-state index contributed by atoms with van der Waals surface area (Å²) in [6.07, 6.45) is 4.40. The number of nitrogens with zero attached hydrogens (tertiary/aromatic N) is 1. The molecule has 0 aliphatic carbocycles. The normalized spacial score (nSPS) is 14.1. The summed E-state index contributed by atoms with van der Waals surface area (Å²) in [6, 6.07) is 12.9. The molecule has 134 valence electrons. The van der Waals surface area contributed by atoms with Crippen LogP contribution in [0.3, 0.4) is 0 Å². The number of carbonyl (C=O) groups is 2. The van der Waals surface area contributed by atoms with Crippen molar-refractivity contribution in [2.24, 2.45) is 0 Å². The van der Waals surface area contributed by atoms with E-state index in [1.807, 2.05) is 12.1 Å². The number of hydrogen-bond donors (Lipinski definition) is 1. The van der Waals surface area contributed by atoms with Crippen molar-refractivity contribution in [2.75, 3.05) is 26.0 Å². The molecule has 3 rings (SSSR count). The van der Waals surface area contributed by atoms with E-state index in [-0.39, 0.29) is 5.91 Å². The van der Waals surface area contributed by atoms with E-state index >= 15 is 0 Å². The second kappa shape index (κ2) is 7.97. The fourth-order valence-corrected chi connectivity index (χ4v) is 2.99. The maximum atomic E-state index is 12.1. The smallest absolute Gasteiger partial charge is 0.337 e. The van der Waals surface area contributed by atoms with E-state index in [1.54, 1.807) is 24.3 Å². The average molecular weight is 350 g/mol. The highest BCUT2D eigenvalue weighted by Gasteiger charge is 2.12. The van der Waals surface area contributed by atoms with Gasteiger partial charge in [-0.05, 0) is 60.5 Å². The van der Waals surface area contributed by atoms with Gasteiger partial charge in [-0.3, -0.25) is 4.79 Å². The molecule has 1 amide bonds. The zero-order valence-electron chi connectivity index (χ0n) is 15.0. The Labute approximate surface area is 153 Å². The molecule has 2 aromatic rings. The zero-order chi connectivity index (χ0) is 18.5. The van der Waals surface area contributed by atoms with Crippen LogP contribution in [0.4, 0.5) is 5.69 Å². The summed E-state index contributed by atoms with van der Waals surface area (Å²) in [5.41, 5.74) is 4.78. The Morgan fingerprint density at radius 1 is 1.12 bits per heavy atom. The van der Waals surface area contributed by atoms with Gasteiger partial charge < -0.3 is 15.0 Å². The van der Waals surface area contributed by atoms with E-state index in [9.17, 15) is 9.59 Å². The molecule has 0 saturated heterocycles. The molecule has 1 heterocycles. The van der Waals surface area contributed by atoms with Crippen molar-refractivity contribution >= 4 is 23.6 Å². The quantitative estimate of drug-likeness (QED) is 0.680. The molecule has 0 unspecified atom stereocenters. The molecule has 0 bridgehead atoms. The minimum Gasteiger partial charge on any atom is -0.465 e. The van der Waals surface area contributed by atoms with Crippen molar-refractivity contribution in [3.8, 4) is 0 Å². The predicted molar refractivity (Wildman–Crippen MR) is 102 cm³/mol. The molecular weight excluding hydrogens is 328 g/mol. The molecule has 0 radical (unpaired) electrons. The van der Waals surface area contributed by atoms with Crippen LogP contribution in [-0.4, -0.2) is 37.5 Å². The zero-order valence-corrected chi connectivity index (χ0v) is 15.0. The van der Waals surface area contributed by atoms with Crippen molar-refractivity contribution in [3.05, 3.63) is 70.8 Å². The summed E-state index contributed by atoms with van der Waals surface area (Å²) in [5, 5.41) is 2.78. The van der Waals surface area contributed by atoms with Crippen molar-refractivity contribution < 1.29 is 14.3 Å². The number of benzene rings is 2. The number of carbonyl (C=O) groups excluding carboxylic acids is 2. The fraction of sp³-hybridized carbons (Fsp3) is 0.238. The van der Waals surface area contributed by atoms with Gasteiger partial charge in [0, 0.05) is 24.9 Å². The lowest BCUT2D eigenvalue weighted by Gasteiger charge is -2.25. The van der Waals surface area contributed by atoms with Gasteiger partial charge in [0.05, 0.1) is 12.7 Å². The molecule has 0 saturated carbocycles. The number of amides is 1. The third-order valence-electron chi connectivity index (χ3n) is 4.43. The van der Waals surface area contributed by atoms with E-state index in [0.717, 1.165) is 25.1 Å². The van der Waals surface area contributed by atoms with Gasteiger partial charge >= 0.3 is 5.97 Å². The van der Waals surface area contributed by atoms with Gasteiger partial charge in [-0.1, -0.05) is 18.2 Å². The first kappa shape index (κ1) is 17.9. The maximum absolute atomic E-state index is 12.1. The standard InChI is InChI=1S/C21H22N2O3/c1-23-12-11-16-5-3-15(13-18(16)14-23)4-10-20(24)22-19-8-6-17(7-9-19)21(25)26-2/h3-10,13H,11-12,14H2,1-2H3,(H,22,24)/b10-4+. The van der Waals surface area contributed by atoms with Crippen LogP contribution >= 0.6 is 0 Å². The number of nitrogens with one attached hydrogen (secondary N) is 1. The van der Waals surface area contributed by atoms with Gasteiger partial charge in [-0.25, -0.2) is 4.79 Å². The fourth-order valence-electron chi connectivity index (χ4n) is 2.99. The Morgan fingerprint density at radius 3 is 2.62 bits per heavy atom. The van der Waals surface area contributed by atoms with Gasteiger partial charge in [0.25, 0.3) is 0 Å². The molecule has 0 fully saturated rings. The number of methoxy groups -OCH3 is 1. The highest BCUT2D eigenvalue weighted by molar-refractivity contribution is 6.02. The van der Waals surface area contributed by atoms with Crippen LogP contribution in [0.25, 0.3) is 6.08 Å². The van der Waals surface area contributed by atoms with Crippen molar-refractivity contribution in [2.45, 2.75) is 13.0 Å². The Morgan fingerprint density at radius 2 is 1.88 bits per heavy atom. The molecule has 5 nitrogen and oxygen atoms in total. The molecule has 26 heavy (non-hydrogen) atoms. The lowest BCUT2D eigenvalue weighted by atomic mass is 9.97. The monoisotopic (exact) mass is 350 g/mol. The first-order chi connectivity index (χ1) is 12.5. The number of esters is 1. The summed E-state index contributed by atoms with van der Waals surface area (Å²) in [5.74, 6) is -0.619. The van der Waals surface area contributed by atoms with E-state index in [0.29, 0.717) is 11.3 Å². The summed E-state index contributed by atoms with van der Waals surface area (Å²) in [4.78, 5) is 25.8. The van der Waals surface area contributed by atoms with Gasteiger partial charge in [-0.2, -0.15) is 0 Å². The third-order valence-corrected chi connectivity index (χ3v) is 4.43. The predicted octanol–water partition coefficient (Wildman–Crippen LogP) is 3.11. The largest absolute Gasteiger partial charge is 0.465 e. The maximum Gasteiger partial charge on any atom is 0.337 e. The first-order valence-corrected chi connectivity index (χ1v) is 8.53. The summed E-state index contributed by atoms with van der Waals surface area (Å²) < 4.78 is 4.65. The summed E-state index contributed by atoms with van der Waals surface area (Å²) in [6.45, 7) is 2.02. The Bertz CT molecular complexity index is 841. The van der Waals surface area contributed by atoms with E-state index < -0.39 is 5.97 Å². The third kappa shape index (κ3) is 4.37. The van der Waals surface area contributed by atoms with E-state index in [1.165, 1.54) is 24.3 Å². The minimum absolute atomic E-state index is 0.217. The first-order valence-electron chi connectivity index (χ1n) is 8.53. The van der Waals surface area contributed by atoms with Crippen LogP contribution in [0.5, 0.6) is 0 Å². The average Bonchev–Trinajstić information content (AvgIpc) is 2.66. The number of anilines is 1. The second-order valence-electron chi connectivity index (χ2n) is 6.41. The van der Waals surface area contributed by atoms with Crippen LogP contribution in [0.2, 0.25) is 0 Å². The molecule has 1 aliphatic heterocycles. The van der Waals surface area contributed by atoms with Crippen molar-refractivity contribution in [1.29, 1.82) is 0 Å². The highest BCUT2D eigenvalue weighted by atomic mass is 16.5. The van der Waals surface area contributed by atoms with Gasteiger partial charge in [-0.15, -0.1) is 0 Å². The summed E-state index contributed by atoms with van der Waals surface area (Å²) >= 11 is 0. The van der Waals surface area contributed by atoms with Gasteiger partial charge in [0.2, 0.25) is 5.91 Å². The number of rotatable bonds is 4. The summed E-state index contributed by atoms with van der Waals surface area (Å²) in [7, 11) is 3.45. The molecule has 0 aromatic heterocycles. The number of fused-ring (bicyclic) bond motifs is 1. The van der Waals surface area contributed by atoms with Crippen LogP contribution in [-0.2, 0) is 22.5 Å². The van der Waals surface area contributed by atoms with Gasteiger partial charge in [0.1, 0.15) is 0 Å². The van der Waals surface area contributed by atoms with Crippen molar-refractivity contribution in [3.63, 3.8) is 0 Å². The number of likely N-dealkylation sites (N-methyl/N-ethyl adjacent to an activating group) is 1. The molecule has 0 atom stereocenters. The van der Waals surface area contributed by atoms with E-state index in [2.05, 4.69) is 34.1 Å². The molecule has 2 aromatic carbocycles. The lowest BCUT2D eigenvalue weighted by molar-refractivity contribution is -0.111. The van der Waals surface area contributed by atoms with Crippen LogP contribution in [0, 0.1) is 0 Å². The van der Waals surface area contributed by atoms with Crippen molar-refractivity contribution in [1.82, 2.24) is 4.90 Å². The molecular formula is C21H22N2O3. The topological polar surface area (TPSA) is 58.6 Å². The van der Waals surface area contributed by atoms with Gasteiger partial charge in [0.15, 0.2) is 0 Å². The van der Waals surface area contributed by atoms with Crippen LogP contribution < -0.4 is 5.32 Å². The van der Waals surface area contributed by atoms with Crippen LogP contribution in [0.15, 0.2) is 48.5 Å². The SMILES string of the molecule is COC(=O)c1ccc(NC(=O)/C=C/c2ccc3c(c2)CN(C)CC3)cc1. The molecule has 0 spiro atoms. The molecule has 5 heteroatoms. The molecule has 1 aliphatic rings. The highest BCUT2D eigenvalue weighted by Crippen LogP contribution is 2.20. The minimum atomic E-state index is -0.402. The second-order valence-corrected chi connectivity index (χ2v) is 6.41. The van der Waals surface area contributed by atoms with Crippen LogP contribution in [0.1, 0.15) is 27.0 Å². The van der Waals surface area contributed by atoms with E-state index in [4.69, 9.17) is 0 Å². The Hall–Kier alpha value is -2.92. The lowest BCUT2D eigenvalue weighted by Crippen LogP contribution is -2.26. The Kier molecular flexibility index (Phi) is 5.49.